The van der Waals surface area contributed by atoms with Crippen molar-refractivity contribution in [2.45, 2.75) is 52.6 Å². The molecule has 12 heavy (non-hydrogen) atoms. The molecule has 1 N–H and O–H groups in total. The molecule has 1 unspecified atom stereocenters. The maximum Gasteiger partial charge on any atom is 0.0263 e. The van der Waals surface area contributed by atoms with Gasteiger partial charge in [-0.3, -0.25) is 0 Å². The van der Waals surface area contributed by atoms with Gasteiger partial charge in [0.25, 0.3) is 0 Å². The van der Waals surface area contributed by atoms with Gasteiger partial charge in [-0.25, -0.2) is 0 Å². The van der Waals surface area contributed by atoms with Crippen LogP contribution in [-0.2, 0) is 0 Å². The fourth-order valence-electron chi connectivity index (χ4n) is 1.73. The van der Waals surface area contributed by atoms with Crippen molar-refractivity contribution in [3.63, 3.8) is 0 Å². The first-order valence-electron chi connectivity index (χ1n) is 4.76. The Morgan fingerprint density at radius 1 is 1.33 bits per heavy atom. The minimum Gasteiger partial charge on any atom is -0.306 e. The molecule has 0 aliphatic heterocycles. The van der Waals surface area contributed by atoms with Crippen molar-refractivity contribution in [2.24, 2.45) is 5.41 Å². The lowest BCUT2D eigenvalue weighted by atomic mass is 9.92. The van der Waals surface area contributed by atoms with Crippen molar-refractivity contribution in [3.05, 3.63) is 12.2 Å². The van der Waals surface area contributed by atoms with Gasteiger partial charge in [-0.05, 0) is 32.6 Å². The summed E-state index contributed by atoms with van der Waals surface area (Å²) in [7, 11) is 0. The van der Waals surface area contributed by atoms with Crippen LogP contribution in [0.2, 0.25) is 0 Å². The van der Waals surface area contributed by atoms with Gasteiger partial charge < -0.3 is 5.32 Å². The molecule has 0 radical (unpaired) electrons. The van der Waals surface area contributed by atoms with Crippen LogP contribution < -0.4 is 5.32 Å². The Kier molecular flexibility index (Phi) is 2.35. The molecule has 1 heteroatoms. The molecule has 1 rings (SSSR count). The van der Waals surface area contributed by atoms with E-state index < -0.39 is 0 Å². The van der Waals surface area contributed by atoms with Crippen LogP contribution >= 0.6 is 0 Å². The Bertz CT molecular complexity index is 184. The summed E-state index contributed by atoms with van der Waals surface area (Å²) in [6.07, 6.45) is 5.84. The van der Waals surface area contributed by atoms with E-state index in [0.717, 1.165) is 0 Å². The normalized spacial score (nSPS) is 27.9. The molecule has 0 bridgehead atoms. The summed E-state index contributed by atoms with van der Waals surface area (Å²) >= 11 is 0. The van der Waals surface area contributed by atoms with Crippen molar-refractivity contribution in [2.75, 3.05) is 0 Å². The zero-order chi connectivity index (χ0) is 9.41. The predicted octanol–water partition coefficient (Wildman–Crippen LogP) is 2.73. The highest BCUT2D eigenvalue weighted by atomic mass is 15.0. The number of allylic oxidation sites excluding steroid dienone is 1. The highest BCUT2D eigenvalue weighted by Gasteiger charge is 2.27. The Labute approximate surface area is 76.2 Å². The highest BCUT2D eigenvalue weighted by molar-refractivity contribution is 5.11. The van der Waals surface area contributed by atoms with Gasteiger partial charge in [0.1, 0.15) is 0 Å². The molecule has 0 saturated carbocycles. The topological polar surface area (TPSA) is 12.0 Å². The molecule has 1 aliphatic carbocycles. The molecule has 1 atom stereocenters. The molecule has 0 amide bonds. The molecule has 0 spiro atoms. The fraction of sp³-hybridized carbons (Fsp3) is 0.818. The van der Waals surface area contributed by atoms with Crippen LogP contribution in [0.25, 0.3) is 0 Å². The zero-order valence-electron chi connectivity index (χ0n) is 8.94. The molecule has 0 aromatic rings. The molecular formula is C11H21N. The van der Waals surface area contributed by atoms with E-state index in [-0.39, 0.29) is 5.54 Å². The highest BCUT2D eigenvalue weighted by Crippen LogP contribution is 2.31. The first-order valence-corrected chi connectivity index (χ1v) is 4.76. The van der Waals surface area contributed by atoms with Gasteiger partial charge in [-0.1, -0.05) is 26.0 Å². The summed E-state index contributed by atoms with van der Waals surface area (Å²) in [6, 6.07) is 0.569. The van der Waals surface area contributed by atoms with Crippen molar-refractivity contribution in [1.29, 1.82) is 0 Å². The molecule has 0 saturated heterocycles. The second-order valence-electron chi connectivity index (χ2n) is 5.55. The number of hydrogen-bond donors (Lipinski definition) is 1. The summed E-state index contributed by atoms with van der Waals surface area (Å²) < 4.78 is 0. The number of nitrogens with one attached hydrogen (secondary N) is 1. The monoisotopic (exact) mass is 167 g/mol. The third-order valence-electron chi connectivity index (χ3n) is 2.14. The van der Waals surface area contributed by atoms with E-state index >= 15 is 0 Å². The van der Waals surface area contributed by atoms with Gasteiger partial charge in [0, 0.05) is 11.6 Å². The smallest absolute Gasteiger partial charge is 0.0263 e. The molecule has 1 nitrogen and oxygen atoms in total. The lowest BCUT2D eigenvalue weighted by Crippen LogP contribution is -2.42. The fourth-order valence-corrected chi connectivity index (χ4v) is 1.73. The van der Waals surface area contributed by atoms with Gasteiger partial charge >= 0.3 is 0 Å². The van der Waals surface area contributed by atoms with E-state index in [1.54, 1.807) is 0 Å². The maximum atomic E-state index is 3.59. The van der Waals surface area contributed by atoms with Crippen LogP contribution in [-0.4, -0.2) is 11.6 Å². The molecule has 0 aromatic carbocycles. The average molecular weight is 167 g/mol. The quantitative estimate of drug-likeness (QED) is 0.592. The number of rotatable bonds is 1. The van der Waals surface area contributed by atoms with Crippen LogP contribution in [0, 0.1) is 5.41 Å². The second kappa shape index (κ2) is 2.88. The van der Waals surface area contributed by atoms with Crippen molar-refractivity contribution in [3.8, 4) is 0 Å². The molecule has 1 aliphatic rings. The Hall–Kier alpha value is -0.300. The van der Waals surface area contributed by atoms with Gasteiger partial charge in [0.05, 0.1) is 0 Å². The standard InChI is InChI=1S/C11H21N/c1-10(2,3)12-9-6-7-11(4,5)8-9/h6-7,9,12H,8H2,1-5H3. The third kappa shape index (κ3) is 2.98. The predicted molar refractivity (Wildman–Crippen MR) is 54.2 cm³/mol. The van der Waals surface area contributed by atoms with E-state index in [0.29, 0.717) is 11.5 Å². The summed E-state index contributed by atoms with van der Waals surface area (Å²) in [5.41, 5.74) is 0.623. The summed E-state index contributed by atoms with van der Waals surface area (Å²) in [4.78, 5) is 0. The van der Waals surface area contributed by atoms with Crippen LogP contribution in [0.3, 0.4) is 0 Å². The first kappa shape index (κ1) is 9.79. The molecule has 0 fully saturated rings. The average Bonchev–Trinajstić information content (AvgIpc) is 2.05. The zero-order valence-corrected chi connectivity index (χ0v) is 8.94. The van der Waals surface area contributed by atoms with Crippen molar-refractivity contribution < 1.29 is 0 Å². The Morgan fingerprint density at radius 2 is 1.92 bits per heavy atom. The summed E-state index contributed by atoms with van der Waals surface area (Å²) in [6.45, 7) is 11.2. The molecule has 70 valence electrons. The Balaban J connectivity index is 2.45. The lowest BCUT2D eigenvalue weighted by molar-refractivity contribution is 0.342. The van der Waals surface area contributed by atoms with E-state index in [1.165, 1.54) is 6.42 Å². The lowest BCUT2D eigenvalue weighted by Gasteiger charge is -2.27. The van der Waals surface area contributed by atoms with E-state index in [2.05, 4.69) is 52.1 Å². The Morgan fingerprint density at radius 3 is 2.25 bits per heavy atom. The molecule has 0 aromatic heterocycles. The minimum absolute atomic E-state index is 0.232. The summed E-state index contributed by atoms with van der Waals surface area (Å²) in [5, 5.41) is 3.59. The molecular weight excluding hydrogens is 146 g/mol. The van der Waals surface area contributed by atoms with Crippen molar-refractivity contribution >= 4 is 0 Å². The van der Waals surface area contributed by atoms with E-state index in [9.17, 15) is 0 Å². The molecule has 0 heterocycles. The third-order valence-corrected chi connectivity index (χ3v) is 2.14. The minimum atomic E-state index is 0.232. The number of hydrogen-bond acceptors (Lipinski definition) is 1. The van der Waals surface area contributed by atoms with Gasteiger partial charge in [0.2, 0.25) is 0 Å². The van der Waals surface area contributed by atoms with Gasteiger partial charge in [0.15, 0.2) is 0 Å². The van der Waals surface area contributed by atoms with Crippen molar-refractivity contribution in [1.82, 2.24) is 5.32 Å². The van der Waals surface area contributed by atoms with Gasteiger partial charge in [-0.15, -0.1) is 0 Å². The second-order valence-corrected chi connectivity index (χ2v) is 5.55. The largest absolute Gasteiger partial charge is 0.306 e. The first-order chi connectivity index (χ1) is 5.29. The van der Waals surface area contributed by atoms with Crippen LogP contribution in [0.1, 0.15) is 41.0 Å². The SMILES string of the molecule is CC1(C)C=CC(NC(C)(C)C)C1. The maximum absolute atomic E-state index is 3.59. The van der Waals surface area contributed by atoms with E-state index in [1.807, 2.05) is 0 Å². The van der Waals surface area contributed by atoms with Crippen LogP contribution in [0.5, 0.6) is 0 Å². The van der Waals surface area contributed by atoms with E-state index in [4.69, 9.17) is 0 Å². The van der Waals surface area contributed by atoms with Gasteiger partial charge in [-0.2, -0.15) is 0 Å². The van der Waals surface area contributed by atoms with Crippen LogP contribution in [0.15, 0.2) is 12.2 Å². The van der Waals surface area contributed by atoms with Crippen LogP contribution in [0.4, 0.5) is 0 Å². The summed E-state index contributed by atoms with van der Waals surface area (Å²) in [5.74, 6) is 0.